The van der Waals surface area contributed by atoms with Gasteiger partial charge < -0.3 is 29.7 Å². The van der Waals surface area contributed by atoms with Crippen LogP contribution in [0.5, 0.6) is 5.75 Å². The Hall–Kier alpha value is -5.35. The first kappa shape index (κ1) is 32.2. The van der Waals surface area contributed by atoms with E-state index in [1.807, 2.05) is 4.90 Å². The van der Waals surface area contributed by atoms with E-state index in [9.17, 15) is 37.1 Å². The standard InChI is InChI=1S/C32H31F4N9O4/c1-14-27(47)24(38-13-37-14)31(49)43-7-8-44-25-16(9-20(25)43)10-21-26(44)28(48)23-30(39-15(2)29(41-23)42(3)4)45(21)12-22(46)40-19-6-5-17(11-18(19)33)32(34,35)36/h5-6,11,13,16,20,25,47H,7-10,12H2,1-4H3,(H,40,46)/t16?,20-,25-/m0/s1. The van der Waals surface area contributed by atoms with Gasteiger partial charge >= 0.3 is 6.18 Å². The number of aromatic nitrogens is 5. The number of piperazine rings is 1. The van der Waals surface area contributed by atoms with Gasteiger partial charge in [-0.15, -0.1) is 0 Å². The summed E-state index contributed by atoms with van der Waals surface area (Å²) in [5.41, 5.74) is -0.327. The number of alkyl halides is 3. The van der Waals surface area contributed by atoms with Gasteiger partial charge in [-0.3, -0.25) is 14.4 Å². The first-order valence-electron chi connectivity index (χ1n) is 15.5. The Kier molecular flexibility index (Phi) is 7.48. The second kappa shape index (κ2) is 11.4. The molecule has 0 radical (unpaired) electrons. The van der Waals surface area contributed by atoms with Gasteiger partial charge in [0, 0.05) is 32.9 Å². The molecule has 1 saturated carbocycles. The minimum Gasteiger partial charge on any atom is -0.504 e. The van der Waals surface area contributed by atoms with Crippen LogP contribution in [0.25, 0.3) is 11.2 Å². The van der Waals surface area contributed by atoms with Crippen molar-refractivity contribution in [2.45, 2.75) is 51.5 Å². The molecule has 0 bridgehead atoms. The van der Waals surface area contributed by atoms with E-state index in [0.29, 0.717) is 47.9 Å². The summed E-state index contributed by atoms with van der Waals surface area (Å²) in [6.07, 6.45) is -2.60. The number of aryl methyl sites for hydroxylation is 2. The van der Waals surface area contributed by atoms with Crippen LogP contribution in [0.4, 0.5) is 34.8 Å². The zero-order valence-electron chi connectivity index (χ0n) is 26.8. The molecule has 2 amide bonds. The Balaban J connectivity index is 1.27. The second-order valence-corrected chi connectivity index (χ2v) is 12.8. The molecule has 0 spiro atoms. The van der Waals surface area contributed by atoms with Crippen LogP contribution >= 0.6 is 0 Å². The van der Waals surface area contributed by atoms with Crippen LogP contribution in [0.1, 0.15) is 39.6 Å². The zero-order chi connectivity index (χ0) is 35.1. The van der Waals surface area contributed by atoms with Crippen LogP contribution in [-0.2, 0) is 23.9 Å². The maximum Gasteiger partial charge on any atom is 0.416 e. The van der Waals surface area contributed by atoms with E-state index < -0.39 is 41.6 Å². The summed E-state index contributed by atoms with van der Waals surface area (Å²) < 4.78 is 55.5. The fraction of sp³-hybridized carbons (Fsp3) is 0.406. The number of carbonyl (C=O) groups is 2. The fourth-order valence-electron chi connectivity index (χ4n) is 7.30. The number of rotatable bonds is 5. The van der Waals surface area contributed by atoms with E-state index in [-0.39, 0.29) is 64.8 Å². The first-order chi connectivity index (χ1) is 23.1. The number of fused-ring (bicyclic) bond motifs is 3. The maximum atomic E-state index is 14.7. The third-order valence-electron chi connectivity index (χ3n) is 9.58. The van der Waals surface area contributed by atoms with Gasteiger partial charge in [-0.25, -0.2) is 24.3 Å². The van der Waals surface area contributed by atoms with E-state index in [1.54, 1.807) is 42.3 Å². The predicted octanol–water partition coefficient (Wildman–Crippen LogP) is 3.04. The van der Waals surface area contributed by atoms with E-state index in [2.05, 4.69) is 25.3 Å². The number of anilines is 3. The third-order valence-corrected chi connectivity index (χ3v) is 9.58. The number of nitrogens with zero attached hydrogens (tertiary/aromatic N) is 8. The van der Waals surface area contributed by atoms with Gasteiger partial charge in [-0.2, -0.15) is 13.2 Å². The molecule has 3 aromatic heterocycles. The summed E-state index contributed by atoms with van der Waals surface area (Å²) >= 11 is 0. The number of carbonyl (C=O) groups excluding carboxylic acids is 2. The molecule has 2 N–H and O–H groups in total. The van der Waals surface area contributed by atoms with Crippen molar-refractivity contribution >= 4 is 40.2 Å². The molecule has 3 atom stereocenters. The maximum absolute atomic E-state index is 14.7. The van der Waals surface area contributed by atoms with Crippen molar-refractivity contribution in [1.29, 1.82) is 0 Å². The molecular formula is C32H31F4N9O4. The Bertz CT molecular complexity index is 2120. The Morgan fingerprint density at radius 2 is 1.86 bits per heavy atom. The molecule has 1 aliphatic carbocycles. The van der Waals surface area contributed by atoms with Crippen molar-refractivity contribution < 1.29 is 32.3 Å². The molecule has 3 aliphatic rings. The number of benzene rings is 1. The van der Waals surface area contributed by atoms with E-state index in [4.69, 9.17) is 0 Å². The van der Waals surface area contributed by atoms with E-state index >= 15 is 0 Å². The first-order valence-corrected chi connectivity index (χ1v) is 15.5. The van der Waals surface area contributed by atoms with Gasteiger partial charge in [0.05, 0.1) is 34.7 Å². The third kappa shape index (κ3) is 5.18. The summed E-state index contributed by atoms with van der Waals surface area (Å²) in [5, 5.41) is 12.9. The van der Waals surface area contributed by atoms with Crippen molar-refractivity contribution in [3.8, 4) is 5.75 Å². The summed E-state index contributed by atoms with van der Waals surface area (Å²) in [4.78, 5) is 63.9. The molecule has 7 rings (SSSR count). The molecular weight excluding hydrogens is 650 g/mol. The van der Waals surface area contributed by atoms with Crippen LogP contribution in [0, 0.1) is 25.6 Å². The van der Waals surface area contributed by atoms with Gasteiger partial charge in [0.1, 0.15) is 24.4 Å². The van der Waals surface area contributed by atoms with Gasteiger partial charge in [0.2, 0.25) is 11.3 Å². The SMILES string of the molecule is Cc1nc2c(nc1N(C)C)c(=O)c1c(n2CC(=O)Nc2ccc(C(F)(F)F)cc2F)CC2C[C@H]3[C@H]2N1CCN3C(=O)c1ncnc(C)c1O. The quantitative estimate of drug-likeness (QED) is 0.301. The Labute approximate surface area is 276 Å². The monoisotopic (exact) mass is 681 g/mol. The molecule has 2 aliphatic heterocycles. The molecule has 2 fully saturated rings. The van der Waals surface area contributed by atoms with Crippen LogP contribution in [0.2, 0.25) is 0 Å². The van der Waals surface area contributed by atoms with Gasteiger partial charge in [-0.1, -0.05) is 0 Å². The zero-order valence-corrected chi connectivity index (χ0v) is 26.8. The summed E-state index contributed by atoms with van der Waals surface area (Å²) in [6.45, 7) is 3.35. The second-order valence-electron chi connectivity index (χ2n) is 12.8. The molecule has 1 aromatic carbocycles. The fourth-order valence-corrected chi connectivity index (χ4v) is 7.30. The van der Waals surface area contributed by atoms with Crippen LogP contribution in [0.3, 0.4) is 0 Å². The lowest BCUT2D eigenvalue weighted by atomic mass is 9.67. The number of aromatic hydroxyl groups is 1. The van der Waals surface area contributed by atoms with Gasteiger partial charge in [0.15, 0.2) is 28.4 Å². The number of hydrogen-bond acceptors (Lipinski definition) is 10. The normalized spacial score (nSPS) is 19.6. The molecule has 256 valence electrons. The van der Waals surface area contributed by atoms with Crippen molar-refractivity contribution in [1.82, 2.24) is 29.4 Å². The predicted molar refractivity (Wildman–Crippen MR) is 169 cm³/mol. The van der Waals surface area contributed by atoms with E-state index in [1.165, 1.54) is 6.33 Å². The molecule has 1 unspecified atom stereocenters. The molecule has 5 heterocycles. The summed E-state index contributed by atoms with van der Waals surface area (Å²) in [5.74, 6) is -2.28. The average Bonchev–Trinajstić information content (AvgIpc) is 3.02. The summed E-state index contributed by atoms with van der Waals surface area (Å²) in [7, 11) is 3.51. The number of hydrogen-bond donors (Lipinski definition) is 2. The van der Waals surface area contributed by atoms with Crippen molar-refractivity contribution in [2.24, 2.45) is 5.92 Å². The molecule has 17 heteroatoms. The molecule has 13 nitrogen and oxygen atoms in total. The highest BCUT2D eigenvalue weighted by molar-refractivity contribution is 5.96. The van der Waals surface area contributed by atoms with Crippen molar-refractivity contribution in [3.05, 3.63) is 68.9 Å². The minimum atomic E-state index is -4.76. The van der Waals surface area contributed by atoms with Crippen LogP contribution in [-0.4, -0.2) is 85.6 Å². The van der Waals surface area contributed by atoms with Crippen molar-refractivity contribution in [2.75, 3.05) is 42.3 Å². The highest BCUT2D eigenvalue weighted by Crippen LogP contribution is 2.48. The molecule has 49 heavy (non-hydrogen) atoms. The number of halogens is 4. The van der Waals surface area contributed by atoms with Crippen LogP contribution in [0.15, 0.2) is 29.3 Å². The minimum absolute atomic E-state index is 0.00998. The molecule has 4 aromatic rings. The average molecular weight is 682 g/mol. The van der Waals surface area contributed by atoms with Gasteiger partial charge in [-0.05, 0) is 50.8 Å². The van der Waals surface area contributed by atoms with Crippen molar-refractivity contribution in [3.63, 3.8) is 0 Å². The highest BCUT2D eigenvalue weighted by atomic mass is 19.4. The lowest BCUT2D eigenvalue weighted by Crippen LogP contribution is -2.72. The number of pyridine rings is 1. The summed E-state index contributed by atoms with van der Waals surface area (Å²) in [6, 6.07) is 1.35. The number of nitrogens with one attached hydrogen (secondary N) is 1. The Morgan fingerprint density at radius 3 is 2.55 bits per heavy atom. The topological polar surface area (TPSA) is 150 Å². The smallest absolute Gasteiger partial charge is 0.416 e. The molecule has 1 saturated heterocycles. The lowest BCUT2D eigenvalue weighted by Gasteiger charge is -2.61. The Morgan fingerprint density at radius 1 is 1.10 bits per heavy atom. The van der Waals surface area contributed by atoms with Gasteiger partial charge in [0.25, 0.3) is 5.91 Å². The number of amides is 2. The lowest BCUT2D eigenvalue weighted by molar-refractivity contribution is -0.137. The highest BCUT2D eigenvalue weighted by Gasteiger charge is 2.55. The van der Waals surface area contributed by atoms with Crippen LogP contribution < -0.4 is 20.5 Å². The largest absolute Gasteiger partial charge is 0.504 e. The van der Waals surface area contributed by atoms with E-state index in [0.717, 1.165) is 6.07 Å².